The van der Waals surface area contributed by atoms with Crippen molar-refractivity contribution in [1.29, 1.82) is 0 Å². The molecule has 0 aromatic carbocycles. The summed E-state index contributed by atoms with van der Waals surface area (Å²) in [6, 6.07) is 3.68. The number of imidazole rings is 1. The Bertz CT molecular complexity index is 448. The first-order valence-electron chi connectivity index (χ1n) is 4.60. The number of nitrogens with zero attached hydrogens (tertiary/aromatic N) is 2. The van der Waals surface area contributed by atoms with Crippen molar-refractivity contribution in [3.05, 3.63) is 28.7 Å². The fourth-order valence-corrected chi connectivity index (χ4v) is 2.13. The predicted octanol–water partition coefficient (Wildman–Crippen LogP) is 1.98. The molecule has 1 N–H and O–H groups in total. The van der Waals surface area contributed by atoms with E-state index >= 15 is 0 Å². The maximum Gasteiger partial charge on any atom is 0.177 e. The van der Waals surface area contributed by atoms with Gasteiger partial charge >= 0.3 is 0 Å². The normalized spacial score (nSPS) is 10.9. The zero-order chi connectivity index (χ0) is 10.8. The molecular weight excluding hydrogens is 260 g/mol. The van der Waals surface area contributed by atoms with Gasteiger partial charge in [-0.15, -0.1) is 0 Å². The minimum absolute atomic E-state index is 0.107. The van der Waals surface area contributed by atoms with E-state index in [1.807, 2.05) is 23.7 Å². The van der Waals surface area contributed by atoms with E-state index in [9.17, 15) is 0 Å². The van der Waals surface area contributed by atoms with E-state index in [2.05, 4.69) is 20.9 Å². The molecule has 0 unspecified atom stereocenters. The molecule has 0 saturated heterocycles. The molecule has 2 heterocycles. The molecule has 0 bridgehead atoms. The van der Waals surface area contributed by atoms with Crippen LogP contribution in [0.2, 0.25) is 0 Å². The van der Waals surface area contributed by atoms with Crippen LogP contribution in [-0.4, -0.2) is 21.3 Å². The number of aromatic nitrogens is 2. The summed E-state index contributed by atoms with van der Waals surface area (Å²) in [5.74, 6) is 1.48. The van der Waals surface area contributed by atoms with Crippen molar-refractivity contribution in [2.75, 3.05) is 6.61 Å². The lowest BCUT2D eigenvalue weighted by Crippen LogP contribution is -2.01. The van der Waals surface area contributed by atoms with Crippen LogP contribution in [0, 0.1) is 0 Å². The molecule has 0 saturated carbocycles. The summed E-state index contributed by atoms with van der Waals surface area (Å²) in [5, 5.41) is 8.92. The summed E-state index contributed by atoms with van der Waals surface area (Å²) in [4.78, 5) is 4.35. The van der Waals surface area contributed by atoms with Crippen molar-refractivity contribution >= 4 is 15.9 Å². The molecule has 0 amide bonds. The Kier molecular flexibility index (Phi) is 2.93. The van der Waals surface area contributed by atoms with E-state index in [0.29, 0.717) is 6.42 Å². The molecule has 2 aromatic rings. The molecule has 2 aromatic heterocycles. The molecule has 80 valence electrons. The van der Waals surface area contributed by atoms with Crippen LogP contribution in [0.3, 0.4) is 0 Å². The van der Waals surface area contributed by atoms with Gasteiger partial charge in [-0.2, -0.15) is 0 Å². The number of aliphatic hydroxyl groups is 1. The van der Waals surface area contributed by atoms with Crippen LogP contribution in [0.4, 0.5) is 0 Å². The molecule has 0 radical (unpaired) electrons. The Labute approximate surface area is 95.7 Å². The molecule has 4 nitrogen and oxygen atoms in total. The zero-order valence-electron chi connectivity index (χ0n) is 8.27. The van der Waals surface area contributed by atoms with E-state index in [0.717, 1.165) is 21.9 Å². The summed E-state index contributed by atoms with van der Waals surface area (Å²) < 4.78 is 7.95. The lowest BCUT2D eigenvalue weighted by molar-refractivity contribution is 0.296. The van der Waals surface area contributed by atoms with Gasteiger partial charge in [0.1, 0.15) is 4.60 Å². The quantitative estimate of drug-likeness (QED) is 0.928. The van der Waals surface area contributed by atoms with Crippen molar-refractivity contribution < 1.29 is 9.52 Å². The Morgan fingerprint density at radius 1 is 1.60 bits per heavy atom. The maximum absolute atomic E-state index is 8.92. The van der Waals surface area contributed by atoms with E-state index < -0.39 is 0 Å². The third-order valence-corrected chi connectivity index (χ3v) is 2.89. The van der Waals surface area contributed by atoms with Crippen molar-refractivity contribution in [3.8, 4) is 11.6 Å². The maximum atomic E-state index is 8.92. The second-order valence-corrected chi connectivity index (χ2v) is 3.93. The fraction of sp³-hybridized carbons (Fsp3) is 0.300. The molecule has 0 spiro atoms. The summed E-state index contributed by atoms with van der Waals surface area (Å²) in [5.41, 5.74) is 0.962. The average molecular weight is 271 g/mol. The Hall–Kier alpha value is -1.07. The third kappa shape index (κ3) is 1.85. The topological polar surface area (TPSA) is 51.2 Å². The number of rotatable bonds is 3. The zero-order valence-corrected chi connectivity index (χ0v) is 9.86. The molecule has 0 aliphatic carbocycles. The first-order valence-corrected chi connectivity index (χ1v) is 5.39. The summed E-state index contributed by atoms with van der Waals surface area (Å²) >= 11 is 3.37. The van der Waals surface area contributed by atoms with Gasteiger partial charge in [0.05, 0.1) is 12.0 Å². The molecule has 5 heteroatoms. The average Bonchev–Trinajstić information content (AvgIpc) is 2.81. The number of furan rings is 1. The fourth-order valence-electron chi connectivity index (χ4n) is 1.50. The van der Waals surface area contributed by atoms with Gasteiger partial charge in [0.25, 0.3) is 0 Å². The standard InChI is InChI=1S/C10H11BrN2O2/c1-13-7(4-5-14)9(11)12-10(13)8-3-2-6-15-8/h2-3,6,14H,4-5H2,1H3. The first-order chi connectivity index (χ1) is 7.24. The summed E-state index contributed by atoms with van der Waals surface area (Å²) in [6.07, 6.45) is 2.19. The Morgan fingerprint density at radius 3 is 3.00 bits per heavy atom. The lowest BCUT2D eigenvalue weighted by Gasteiger charge is -2.02. The third-order valence-electron chi connectivity index (χ3n) is 2.25. The second-order valence-electron chi connectivity index (χ2n) is 3.18. The van der Waals surface area contributed by atoms with E-state index in [1.165, 1.54) is 0 Å². The highest BCUT2D eigenvalue weighted by Gasteiger charge is 2.15. The number of halogens is 1. The van der Waals surface area contributed by atoms with Gasteiger partial charge in [0, 0.05) is 20.1 Å². The van der Waals surface area contributed by atoms with Gasteiger partial charge in [0.2, 0.25) is 0 Å². The van der Waals surface area contributed by atoms with Crippen LogP contribution in [0.25, 0.3) is 11.6 Å². The minimum Gasteiger partial charge on any atom is -0.461 e. The van der Waals surface area contributed by atoms with Gasteiger partial charge in [-0.1, -0.05) is 0 Å². The van der Waals surface area contributed by atoms with Gasteiger partial charge in [-0.25, -0.2) is 4.98 Å². The number of aliphatic hydroxyl groups excluding tert-OH is 1. The molecule has 15 heavy (non-hydrogen) atoms. The van der Waals surface area contributed by atoms with Crippen LogP contribution in [-0.2, 0) is 13.5 Å². The monoisotopic (exact) mass is 270 g/mol. The summed E-state index contributed by atoms with van der Waals surface area (Å²) in [7, 11) is 1.90. The second kappa shape index (κ2) is 4.20. The molecule has 0 fully saturated rings. The lowest BCUT2D eigenvalue weighted by atomic mass is 10.3. The number of hydrogen-bond acceptors (Lipinski definition) is 3. The van der Waals surface area contributed by atoms with Gasteiger partial charge < -0.3 is 14.1 Å². The van der Waals surface area contributed by atoms with Crippen LogP contribution < -0.4 is 0 Å². The Morgan fingerprint density at radius 2 is 2.40 bits per heavy atom. The SMILES string of the molecule is Cn1c(-c2ccco2)nc(Br)c1CCO. The van der Waals surface area contributed by atoms with Crippen LogP contribution in [0.1, 0.15) is 5.69 Å². The van der Waals surface area contributed by atoms with Crippen molar-refractivity contribution in [1.82, 2.24) is 9.55 Å². The highest BCUT2D eigenvalue weighted by molar-refractivity contribution is 9.10. The Balaban J connectivity index is 2.46. The van der Waals surface area contributed by atoms with E-state index in [-0.39, 0.29) is 6.61 Å². The van der Waals surface area contributed by atoms with E-state index in [4.69, 9.17) is 9.52 Å². The predicted molar refractivity (Wildman–Crippen MR) is 59.4 cm³/mol. The van der Waals surface area contributed by atoms with Crippen LogP contribution in [0.15, 0.2) is 27.4 Å². The van der Waals surface area contributed by atoms with Crippen molar-refractivity contribution in [2.45, 2.75) is 6.42 Å². The van der Waals surface area contributed by atoms with Gasteiger partial charge in [0.15, 0.2) is 11.6 Å². The summed E-state index contributed by atoms with van der Waals surface area (Å²) in [6.45, 7) is 0.107. The molecule has 2 rings (SSSR count). The van der Waals surface area contributed by atoms with Crippen molar-refractivity contribution in [2.24, 2.45) is 7.05 Å². The molecule has 0 atom stereocenters. The molecule has 0 aliphatic rings. The molecular formula is C10H11BrN2O2. The van der Waals surface area contributed by atoms with Crippen LogP contribution >= 0.6 is 15.9 Å². The molecule has 0 aliphatic heterocycles. The van der Waals surface area contributed by atoms with Gasteiger partial charge in [-0.3, -0.25) is 0 Å². The largest absolute Gasteiger partial charge is 0.461 e. The first kappa shape index (κ1) is 10.4. The highest BCUT2D eigenvalue weighted by atomic mass is 79.9. The van der Waals surface area contributed by atoms with E-state index in [1.54, 1.807) is 6.26 Å². The van der Waals surface area contributed by atoms with Gasteiger partial charge in [-0.05, 0) is 28.1 Å². The van der Waals surface area contributed by atoms with Crippen LogP contribution in [0.5, 0.6) is 0 Å². The number of hydrogen-bond donors (Lipinski definition) is 1. The smallest absolute Gasteiger partial charge is 0.177 e. The highest BCUT2D eigenvalue weighted by Crippen LogP contribution is 2.25. The van der Waals surface area contributed by atoms with Crippen molar-refractivity contribution in [3.63, 3.8) is 0 Å². The minimum atomic E-state index is 0.107.